The number of carbonyl (C=O) groups is 4. The lowest BCUT2D eigenvalue weighted by Crippen LogP contribution is -2.67. The number of aromatic nitrogens is 3. The van der Waals surface area contributed by atoms with Gasteiger partial charge in [0.2, 0.25) is 11.8 Å². The first kappa shape index (κ1) is 47.5. The third-order valence-electron chi connectivity index (χ3n) is 13.2. The van der Waals surface area contributed by atoms with E-state index in [-0.39, 0.29) is 68.6 Å². The molecule has 6 N–H and O–H groups in total. The van der Waals surface area contributed by atoms with Gasteiger partial charge in [0, 0.05) is 50.2 Å². The van der Waals surface area contributed by atoms with Crippen molar-refractivity contribution in [3.63, 3.8) is 0 Å². The molecule has 6 bridgehead atoms. The molecule has 6 aliphatic rings. The van der Waals surface area contributed by atoms with E-state index < -0.39 is 73.0 Å². The zero-order chi connectivity index (χ0) is 45.4. The van der Waals surface area contributed by atoms with Gasteiger partial charge in [-0.2, -0.15) is 0 Å². The largest absolute Gasteiger partial charge is 0.491 e. The van der Waals surface area contributed by atoms with Crippen molar-refractivity contribution < 1.29 is 63.3 Å². The lowest BCUT2D eigenvalue weighted by atomic mass is 9.81. The van der Waals surface area contributed by atoms with Crippen molar-refractivity contribution in [2.24, 2.45) is 5.92 Å². The second-order valence-corrected chi connectivity index (χ2v) is 17.9. The third-order valence-corrected chi connectivity index (χ3v) is 13.2. The van der Waals surface area contributed by atoms with E-state index in [1.165, 1.54) is 11.1 Å². The number of hydrogen-bond acceptors (Lipinski definition) is 14. The van der Waals surface area contributed by atoms with Crippen LogP contribution in [0.1, 0.15) is 104 Å². The molecule has 4 fully saturated rings. The highest BCUT2D eigenvalue weighted by Crippen LogP contribution is 2.37. The molecule has 19 heteroatoms. The number of ether oxygens (including phenoxy) is 5. The average molecular weight is 897 g/mol. The maximum absolute atomic E-state index is 13.7. The van der Waals surface area contributed by atoms with Gasteiger partial charge < -0.3 is 59.6 Å². The molecule has 5 aliphatic heterocycles. The van der Waals surface area contributed by atoms with E-state index in [1.807, 2.05) is 0 Å². The Morgan fingerprint density at radius 2 is 1.75 bits per heavy atom. The van der Waals surface area contributed by atoms with E-state index in [0.717, 1.165) is 44.2 Å². The summed E-state index contributed by atoms with van der Waals surface area (Å²) in [5.74, 6) is -2.09. The molecule has 19 nitrogen and oxygen atoms in total. The second-order valence-electron chi connectivity index (χ2n) is 17.9. The summed E-state index contributed by atoms with van der Waals surface area (Å²) in [5.41, 5.74) is 0.363. The van der Waals surface area contributed by atoms with Gasteiger partial charge in [-0.05, 0) is 75.6 Å². The van der Waals surface area contributed by atoms with Crippen LogP contribution in [0.25, 0.3) is 0 Å². The fourth-order valence-corrected chi connectivity index (χ4v) is 9.71. The molecule has 6 unspecified atom stereocenters. The van der Waals surface area contributed by atoms with Gasteiger partial charge in [0.25, 0.3) is 5.91 Å². The van der Waals surface area contributed by atoms with Crippen molar-refractivity contribution in [1.82, 2.24) is 30.5 Å². The van der Waals surface area contributed by atoms with Gasteiger partial charge in [0.05, 0.1) is 55.8 Å². The number of carboxylic acids is 1. The van der Waals surface area contributed by atoms with Gasteiger partial charge in [-0.15, -0.1) is 5.10 Å². The van der Waals surface area contributed by atoms with E-state index in [9.17, 15) is 39.6 Å². The Bertz CT molecular complexity index is 1940. The summed E-state index contributed by atoms with van der Waals surface area (Å²) in [7, 11) is 0. The predicted molar refractivity (Wildman–Crippen MR) is 227 cm³/mol. The molecule has 64 heavy (non-hydrogen) atoms. The minimum absolute atomic E-state index is 0.0606. The maximum atomic E-state index is 13.7. The summed E-state index contributed by atoms with van der Waals surface area (Å²) < 4.78 is 31.7. The SMILES string of the molecule is Cc1cc2cc(C)c1OCCOC1C[C@H](OC/C=C/CCC3(C(=O)O)C[C@H](O)C(NC(=O)Cn4cc(C5CCCCC5)nn4)C(O3)[C@H](O)C(O)CNC2=O)N(C(=O)C2CCCOC2)C1. The van der Waals surface area contributed by atoms with Crippen molar-refractivity contribution in [3.8, 4) is 5.75 Å². The number of fused-ring (bicyclic) bond motifs is 13. The van der Waals surface area contributed by atoms with E-state index >= 15 is 0 Å². The van der Waals surface area contributed by atoms with Crippen molar-refractivity contribution >= 4 is 23.7 Å². The molecule has 8 rings (SSSR count). The van der Waals surface area contributed by atoms with E-state index in [0.29, 0.717) is 43.1 Å². The number of aliphatic carboxylic acids is 1. The molecular weight excluding hydrogens is 833 g/mol. The van der Waals surface area contributed by atoms with Crippen molar-refractivity contribution in [2.45, 2.75) is 145 Å². The molecule has 3 amide bonds. The Morgan fingerprint density at radius 1 is 0.969 bits per heavy atom. The zero-order valence-corrected chi connectivity index (χ0v) is 36.8. The Kier molecular flexibility index (Phi) is 16.1. The molecule has 352 valence electrons. The number of allylic oxidation sites excluding steroid dienone is 1. The first-order chi connectivity index (χ1) is 30.8. The van der Waals surface area contributed by atoms with Crippen LogP contribution in [-0.4, -0.2) is 159 Å². The lowest BCUT2D eigenvalue weighted by Gasteiger charge is -2.47. The molecule has 2 aromatic rings. The summed E-state index contributed by atoms with van der Waals surface area (Å²) in [4.78, 5) is 55.4. The summed E-state index contributed by atoms with van der Waals surface area (Å²) in [5, 5.41) is 59.0. The van der Waals surface area contributed by atoms with Gasteiger partial charge in [-0.25, -0.2) is 9.48 Å². The quantitative estimate of drug-likeness (QED) is 0.226. The first-order valence-corrected chi connectivity index (χ1v) is 22.8. The van der Waals surface area contributed by atoms with Gasteiger partial charge in [-0.3, -0.25) is 14.4 Å². The molecule has 0 radical (unpaired) electrons. The van der Waals surface area contributed by atoms with E-state index in [2.05, 4.69) is 20.9 Å². The number of hydrogen-bond donors (Lipinski definition) is 6. The van der Waals surface area contributed by atoms with Crippen LogP contribution >= 0.6 is 0 Å². The molecular formula is C45H64N6O13. The van der Waals surface area contributed by atoms with E-state index in [4.69, 9.17) is 23.7 Å². The highest BCUT2D eigenvalue weighted by molar-refractivity contribution is 5.95. The van der Waals surface area contributed by atoms with Crippen LogP contribution in [0.5, 0.6) is 5.75 Å². The monoisotopic (exact) mass is 896 g/mol. The van der Waals surface area contributed by atoms with E-state index in [1.54, 1.807) is 49.2 Å². The van der Waals surface area contributed by atoms with Crippen LogP contribution < -0.4 is 15.4 Å². The minimum atomic E-state index is -2.05. The number of benzene rings is 1. The van der Waals surface area contributed by atoms with Gasteiger partial charge in [-0.1, -0.05) is 36.6 Å². The van der Waals surface area contributed by atoms with Crippen molar-refractivity contribution in [3.05, 3.63) is 52.9 Å². The Hall–Kier alpha value is -4.50. The number of carbonyl (C=O) groups excluding carboxylic acids is 3. The molecule has 9 atom stereocenters. The summed E-state index contributed by atoms with van der Waals surface area (Å²) in [6.45, 7) is 4.69. The van der Waals surface area contributed by atoms with Crippen LogP contribution in [0.4, 0.5) is 0 Å². The minimum Gasteiger partial charge on any atom is -0.491 e. The molecule has 1 aromatic carbocycles. The van der Waals surface area contributed by atoms with Crippen LogP contribution in [-0.2, 0) is 39.9 Å². The summed E-state index contributed by atoms with van der Waals surface area (Å²) in [6, 6.07) is 1.90. The van der Waals surface area contributed by atoms with Crippen LogP contribution in [0, 0.1) is 19.8 Å². The number of aliphatic hydroxyl groups excluding tert-OH is 3. The molecule has 3 saturated heterocycles. The van der Waals surface area contributed by atoms with Crippen molar-refractivity contribution in [2.75, 3.05) is 46.1 Å². The summed E-state index contributed by atoms with van der Waals surface area (Å²) in [6.07, 6.45) is 4.29. The number of aliphatic hydroxyl groups is 3. The second kappa shape index (κ2) is 21.7. The maximum Gasteiger partial charge on any atom is 0.336 e. The zero-order valence-electron chi connectivity index (χ0n) is 36.8. The molecule has 1 aromatic heterocycles. The summed E-state index contributed by atoms with van der Waals surface area (Å²) >= 11 is 0. The van der Waals surface area contributed by atoms with Crippen molar-refractivity contribution in [1.29, 1.82) is 0 Å². The molecule has 1 saturated carbocycles. The standard InChI is InChI=1S/C45H64N6O13/c1-27-18-31-19-28(2)40(27)63-17-16-61-32-20-37(51(23-32)43(57)30-12-9-14-60-26-30)62-15-8-4-7-13-45(44(58)59)21-34(52)38(41(64-45)39(55)35(53)22-46-42(31)56)47-36(54)25-50-24-33(48-49-50)29-10-5-3-6-11-29/h4,8,18-19,24,29-30,32,34-35,37-39,41,52-53,55H,3,5-7,9-17,20-23,25-26H2,1-2H3,(H,46,56)(H,47,54)(H,58,59)/b8-4+/t30?,32?,34-,35?,37-,38?,39+,41?,45?/m0/s1. The number of carboxylic acid groups (broad SMARTS) is 1. The number of nitrogens with zero attached hydrogens (tertiary/aromatic N) is 4. The molecule has 1 aliphatic carbocycles. The van der Waals surface area contributed by atoms with Gasteiger partial charge >= 0.3 is 5.97 Å². The fourth-order valence-electron chi connectivity index (χ4n) is 9.71. The van der Waals surface area contributed by atoms with Crippen LogP contribution in [0.2, 0.25) is 0 Å². The Labute approximate surface area is 372 Å². The highest BCUT2D eigenvalue weighted by Gasteiger charge is 2.54. The van der Waals surface area contributed by atoms with Gasteiger partial charge in [0.15, 0.2) is 5.60 Å². The third kappa shape index (κ3) is 11.5. The highest BCUT2D eigenvalue weighted by atomic mass is 16.6. The first-order valence-electron chi connectivity index (χ1n) is 22.8. The Balaban J connectivity index is 1.10. The number of likely N-dealkylation sites (tertiary alicyclic amines) is 1. The normalized spacial score (nSPS) is 32.1. The number of rotatable bonds is 6. The topological polar surface area (TPSA) is 253 Å². The number of nitrogens with one attached hydrogen (secondary N) is 2. The fraction of sp³-hybridized carbons (Fsp3) is 0.689. The molecule has 6 heterocycles. The lowest BCUT2D eigenvalue weighted by molar-refractivity contribution is -0.229. The average Bonchev–Trinajstić information content (AvgIpc) is 3.93. The van der Waals surface area contributed by atoms with Crippen LogP contribution in [0.15, 0.2) is 30.5 Å². The number of amides is 3. The Morgan fingerprint density at radius 3 is 2.48 bits per heavy atom. The number of aryl methyl sites for hydroxylation is 2. The smallest absolute Gasteiger partial charge is 0.336 e. The van der Waals surface area contributed by atoms with Crippen LogP contribution in [0.3, 0.4) is 0 Å². The van der Waals surface area contributed by atoms with Gasteiger partial charge in [0.1, 0.15) is 37.3 Å². The predicted octanol–water partition coefficient (Wildman–Crippen LogP) is 1.67. The molecule has 0 spiro atoms.